The fourth-order valence-electron chi connectivity index (χ4n) is 0.794. The van der Waals surface area contributed by atoms with Crippen molar-refractivity contribution < 1.29 is 69.5 Å². The minimum atomic E-state index is -4.61. The van der Waals surface area contributed by atoms with Gasteiger partial charge in [0.05, 0.1) is 10.7 Å². The third kappa shape index (κ3) is 3.07. The largest absolute Gasteiger partial charge is 1.00 e. The van der Waals surface area contributed by atoms with Crippen molar-refractivity contribution in [3.63, 3.8) is 0 Å². The molecular weight excluding hydrogens is 257 g/mol. The molecule has 5 nitrogen and oxygen atoms in total. The summed E-state index contributed by atoms with van der Waals surface area (Å²) in [6.45, 7) is 0. The molecule has 1 rings (SSSR count). The van der Waals surface area contributed by atoms with Crippen LogP contribution in [0.2, 0.25) is 5.02 Å². The number of rotatable bonds is 1. The molecule has 0 radical (unpaired) electrons. The number of halogens is 1. The van der Waals surface area contributed by atoms with Gasteiger partial charge in [-0.25, -0.2) is 0 Å². The van der Waals surface area contributed by atoms with E-state index >= 15 is 0 Å². The average molecular weight is 262 g/mol. The van der Waals surface area contributed by atoms with Crippen LogP contribution >= 0.6 is 11.6 Å². The Morgan fingerprint density at radius 3 is 2.29 bits per heavy atom. The van der Waals surface area contributed by atoms with E-state index in [4.69, 9.17) is 21.9 Å². The predicted octanol–water partition coefficient (Wildman–Crippen LogP) is -2.75. The predicted molar refractivity (Wildman–Crippen MR) is 45.1 cm³/mol. The molecule has 1 aromatic rings. The number of hydrogen-bond donors (Lipinski definition) is 2. The van der Waals surface area contributed by atoms with Gasteiger partial charge in [0.15, 0.2) is 0 Å². The first-order valence-electron chi connectivity index (χ1n) is 3.06. The van der Waals surface area contributed by atoms with Crippen LogP contribution < -0.4 is 62.2 Å². The Bertz CT molecular complexity index is 447. The van der Waals surface area contributed by atoms with E-state index in [1.54, 1.807) is 0 Å². The summed E-state index contributed by atoms with van der Waals surface area (Å²) < 4.78 is 29.9. The second-order valence-electron chi connectivity index (χ2n) is 2.27. The maximum atomic E-state index is 11.0. The summed E-state index contributed by atoms with van der Waals surface area (Å²) in [6.07, 6.45) is 0. The van der Waals surface area contributed by atoms with Crippen molar-refractivity contribution in [2.75, 3.05) is 5.73 Å². The monoisotopic (exact) mass is 261 g/mol. The van der Waals surface area contributed by atoms with Gasteiger partial charge in [-0.15, -0.1) is 0 Å². The van der Waals surface area contributed by atoms with E-state index in [0.29, 0.717) is 0 Å². The maximum Gasteiger partial charge on any atom is 1.00 e. The first-order valence-corrected chi connectivity index (χ1v) is 4.88. The van der Waals surface area contributed by atoms with Gasteiger partial charge in [-0.05, 0) is 6.07 Å². The van der Waals surface area contributed by atoms with Crippen molar-refractivity contribution in [2.24, 2.45) is 0 Å². The molecule has 14 heavy (non-hydrogen) atoms. The molecule has 0 aliphatic heterocycles. The average Bonchev–Trinajstić information content (AvgIpc) is 1.95. The molecule has 0 amide bonds. The molecule has 0 bridgehead atoms. The Kier molecular flexibility index (Phi) is 5.37. The minimum Gasteiger partial charge on any atom is -0.871 e. The molecule has 8 heteroatoms. The molecule has 0 unspecified atom stereocenters. The van der Waals surface area contributed by atoms with Crippen LogP contribution in [-0.2, 0) is 10.1 Å². The Morgan fingerprint density at radius 2 is 1.93 bits per heavy atom. The van der Waals surface area contributed by atoms with Crippen LogP contribution in [0.5, 0.6) is 5.75 Å². The Morgan fingerprint density at radius 1 is 1.43 bits per heavy atom. The molecule has 0 saturated heterocycles. The van der Waals surface area contributed by atoms with E-state index in [2.05, 4.69) is 0 Å². The smallest absolute Gasteiger partial charge is 0.871 e. The van der Waals surface area contributed by atoms with Gasteiger partial charge in [0.2, 0.25) is 0 Å². The zero-order valence-corrected chi connectivity index (χ0v) is 11.9. The fourth-order valence-corrected chi connectivity index (χ4v) is 1.91. The van der Waals surface area contributed by atoms with Gasteiger partial charge < -0.3 is 10.8 Å². The summed E-state index contributed by atoms with van der Waals surface area (Å²) in [6, 6.07) is 2.09. The van der Waals surface area contributed by atoms with Crippen LogP contribution in [0.3, 0.4) is 0 Å². The normalized spacial score (nSPS) is 10.7. The standard InChI is InChI=1S/C6H6ClNO4S.K/c7-5-3(8)1-2-4(9)6(5)13(10,11)12;/h1-2,9H,8H2,(H,10,11,12);/q;+1/p-1. The molecule has 72 valence electrons. The van der Waals surface area contributed by atoms with Gasteiger partial charge in [0.25, 0.3) is 10.1 Å². The van der Waals surface area contributed by atoms with E-state index in [0.717, 1.165) is 6.07 Å². The summed E-state index contributed by atoms with van der Waals surface area (Å²) >= 11 is 5.42. The van der Waals surface area contributed by atoms with E-state index in [-0.39, 0.29) is 57.1 Å². The van der Waals surface area contributed by atoms with E-state index < -0.39 is 25.8 Å². The summed E-state index contributed by atoms with van der Waals surface area (Å²) in [5, 5.41) is 10.5. The van der Waals surface area contributed by atoms with Gasteiger partial charge in [0.1, 0.15) is 4.90 Å². The van der Waals surface area contributed by atoms with Crippen LogP contribution in [0.25, 0.3) is 0 Å². The zero-order valence-electron chi connectivity index (χ0n) is 7.19. The summed E-state index contributed by atoms with van der Waals surface area (Å²) in [5.74, 6) is -0.887. The van der Waals surface area contributed by atoms with Crippen LogP contribution in [-0.4, -0.2) is 13.0 Å². The van der Waals surface area contributed by atoms with Crippen molar-refractivity contribution >= 4 is 27.4 Å². The topological polar surface area (TPSA) is 103 Å². The van der Waals surface area contributed by atoms with Gasteiger partial charge in [-0.2, -0.15) is 8.42 Å². The molecule has 3 N–H and O–H groups in total. The second-order valence-corrected chi connectivity index (χ2v) is 4.01. The zero-order chi connectivity index (χ0) is 10.2. The van der Waals surface area contributed by atoms with E-state index in [9.17, 15) is 13.5 Å². The Hall–Kier alpha value is 0.656. The maximum absolute atomic E-state index is 11.0. The van der Waals surface area contributed by atoms with Gasteiger partial charge >= 0.3 is 51.4 Å². The molecule has 0 spiro atoms. The number of nitrogens with two attached hydrogens (primary N) is 1. The second kappa shape index (κ2) is 5.13. The molecule has 0 aliphatic carbocycles. The SMILES string of the molecule is Nc1ccc([O-])c(S(=O)(=O)O)c1Cl.[K+]. The summed E-state index contributed by atoms with van der Waals surface area (Å²) in [5.41, 5.74) is 5.16. The van der Waals surface area contributed by atoms with Crippen molar-refractivity contribution in [1.29, 1.82) is 0 Å². The van der Waals surface area contributed by atoms with Crippen LogP contribution in [0, 0.1) is 0 Å². The third-order valence-electron chi connectivity index (χ3n) is 1.35. The van der Waals surface area contributed by atoms with Gasteiger partial charge in [-0.3, -0.25) is 4.55 Å². The van der Waals surface area contributed by atoms with Crippen LogP contribution in [0.1, 0.15) is 0 Å². The molecule has 0 aromatic heterocycles. The fraction of sp³-hybridized carbons (Fsp3) is 0. The number of hydrogen-bond acceptors (Lipinski definition) is 4. The van der Waals surface area contributed by atoms with E-state index in [1.165, 1.54) is 6.07 Å². The van der Waals surface area contributed by atoms with Crippen molar-refractivity contribution in [3.8, 4) is 5.75 Å². The molecule has 0 aliphatic rings. The quantitative estimate of drug-likeness (QED) is 0.324. The molecule has 0 fully saturated rings. The van der Waals surface area contributed by atoms with Crippen LogP contribution in [0.4, 0.5) is 5.69 Å². The van der Waals surface area contributed by atoms with Gasteiger partial charge in [0, 0.05) is 0 Å². The third-order valence-corrected chi connectivity index (χ3v) is 2.79. The van der Waals surface area contributed by atoms with Crippen molar-refractivity contribution in [2.45, 2.75) is 4.90 Å². The first-order chi connectivity index (χ1) is 5.84. The minimum absolute atomic E-state index is 0. The molecule has 0 heterocycles. The molecule has 1 aromatic carbocycles. The summed E-state index contributed by atoms with van der Waals surface area (Å²) in [4.78, 5) is -0.880. The van der Waals surface area contributed by atoms with Crippen LogP contribution in [0.15, 0.2) is 17.0 Å². The molecular formula is C6H5ClKNO4S. The van der Waals surface area contributed by atoms with Crippen molar-refractivity contribution in [3.05, 3.63) is 17.2 Å². The van der Waals surface area contributed by atoms with Gasteiger partial charge in [-0.1, -0.05) is 23.4 Å². The Balaban J connectivity index is 0.00000169. The number of anilines is 1. The molecule has 0 atom stereocenters. The van der Waals surface area contributed by atoms with Crippen molar-refractivity contribution in [1.82, 2.24) is 0 Å². The molecule has 0 saturated carbocycles. The number of nitrogen functional groups attached to an aromatic ring is 1. The van der Waals surface area contributed by atoms with E-state index in [1.807, 2.05) is 0 Å². The first kappa shape index (κ1) is 14.7. The number of benzene rings is 1. The Labute approximate surface area is 128 Å². The summed E-state index contributed by atoms with van der Waals surface area (Å²) in [7, 11) is -4.61.